The van der Waals surface area contributed by atoms with Gasteiger partial charge in [0, 0.05) is 35.4 Å². The number of aryl methyl sites for hydroxylation is 1. The monoisotopic (exact) mass is 450 g/mol. The summed E-state index contributed by atoms with van der Waals surface area (Å²) in [5.41, 5.74) is 5.17. The number of rotatable bonds is 8. The zero-order valence-corrected chi connectivity index (χ0v) is 19.0. The molecule has 1 amide bonds. The van der Waals surface area contributed by atoms with Gasteiger partial charge in [0.15, 0.2) is 0 Å². The first kappa shape index (κ1) is 21.5. The van der Waals surface area contributed by atoms with E-state index in [9.17, 15) is 4.79 Å². The minimum atomic E-state index is -0.151. The number of ether oxygens (including phenoxy) is 1. The molecule has 6 nitrogen and oxygen atoms in total. The van der Waals surface area contributed by atoms with Crippen molar-refractivity contribution in [2.45, 2.75) is 12.8 Å². The molecule has 170 valence electrons. The predicted molar refractivity (Wildman–Crippen MR) is 135 cm³/mol. The van der Waals surface area contributed by atoms with Crippen molar-refractivity contribution in [2.24, 2.45) is 0 Å². The van der Waals surface area contributed by atoms with Crippen LogP contribution in [-0.2, 0) is 6.42 Å². The number of benzene rings is 3. The molecule has 0 radical (unpaired) electrons. The number of para-hydroxylation sites is 3. The molecule has 34 heavy (non-hydrogen) atoms. The van der Waals surface area contributed by atoms with Gasteiger partial charge in [0.25, 0.3) is 5.91 Å². The summed E-state index contributed by atoms with van der Waals surface area (Å²) in [6, 6.07) is 25.7. The number of H-pyrrole nitrogens is 1. The van der Waals surface area contributed by atoms with Crippen LogP contribution >= 0.6 is 0 Å². The molecule has 0 bridgehead atoms. The van der Waals surface area contributed by atoms with E-state index in [1.54, 1.807) is 18.0 Å². The SMILES string of the molecule is COc1ccccc1-c1nn(-c2ccccc2)cc1C(=O)NCCCc1c[nH]c2ccccc12. The molecule has 0 spiro atoms. The highest BCUT2D eigenvalue weighted by molar-refractivity contribution is 6.00. The lowest BCUT2D eigenvalue weighted by Crippen LogP contribution is -2.25. The van der Waals surface area contributed by atoms with E-state index in [1.807, 2.05) is 66.7 Å². The number of nitrogens with one attached hydrogen (secondary N) is 2. The molecule has 6 heteroatoms. The third kappa shape index (κ3) is 4.30. The van der Waals surface area contributed by atoms with E-state index in [2.05, 4.69) is 28.6 Å². The van der Waals surface area contributed by atoms with Gasteiger partial charge in [-0.2, -0.15) is 5.10 Å². The van der Waals surface area contributed by atoms with Crippen LogP contribution in [0, 0.1) is 0 Å². The molecule has 2 aromatic heterocycles. The first-order valence-corrected chi connectivity index (χ1v) is 11.4. The Balaban J connectivity index is 1.36. The minimum absolute atomic E-state index is 0.151. The van der Waals surface area contributed by atoms with Gasteiger partial charge in [-0.25, -0.2) is 4.68 Å². The van der Waals surface area contributed by atoms with Gasteiger partial charge in [-0.1, -0.05) is 48.5 Å². The van der Waals surface area contributed by atoms with Crippen LogP contribution in [0.25, 0.3) is 27.8 Å². The van der Waals surface area contributed by atoms with Gasteiger partial charge in [-0.05, 0) is 48.7 Å². The molecule has 0 aliphatic rings. The highest BCUT2D eigenvalue weighted by atomic mass is 16.5. The third-order valence-corrected chi connectivity index (χ3v) is 5.93. The van der Waals surface area contributed by atoms with Gasteiger partial charge in [0.1, 0.15) is 11.4 Å². The van der Waals surface area contributed by atoms with Gasteiger partial charge in [0.2, 0.25) is 0 Å². The number of methoxy groups -OCH3 is 1. The van der Waals surface area contributed by atoms with Crippen LogP contribution in [0.1, 0.15) is 22.3 Å². The molecule has 0 atom stereocenters. The van der Waals surface area contributed by atoms with Crippen molar-refractivity contribution < 1.29 is 9.53 Å². The number of carbonyl (C=O) groups is 1. The predicted octanol–water partition coefficient (Wildman–Crippen LogP) is 5.39. The maximum atomic E-state index is 13.2. The Hall–Kier alpha value is -4.32. The average molecular weight is 451 g/mol. The van der Waals surface area contributed by atoms with Crippen molar-refractivity contribution in [3.63, 3.8) is 0 Å². The van der Waals surface area contributed by atoms with Gasteiger partial charge in [-0.3, -0.25) is 4.79 Å². The molecule has 5 aromatic rings. The van der Waals surface area contributed by atoms with Crippen LogP contribution in [0.2, 0.25) is 0 Å². The van der Waals surface area contributed by atoms with Crippen molar-refractivity contribution in [1.29, 1.82) is 0 Å². The fraction of sp³-hybridized carbons (Fsp3) is 0.143. The summed E-state index contributed by atoms with van der Waals surface area (Å²) in [7, 11) is 1.62. The molecule has 3 aromatic carbocycles. The lowest BCUT2D eigenvalue weighted by atomic mass is 10.1. The van der Waals surface area contributed by atoms with Crippen LogP contribution in [0.3, 0.4) is 0 Å². The largest absolute Gasteiger partial charge is 0.496 e. The van der Waals surface area contributed by atoms with Gasteiger partial charge in [-0.15, -0.1) is 0 Å². The summed E-state index contributed by atoms with van der Waals surface area (Å²) in [4.78, 5) is 16.6. The van der Waals surface area contributed by atoms with Crippen LogP contribution in [0.15, 0.2) is 91.3 Å². The van der Waals surface area contributed by atoms with E-state index in [-0.39, 0.29) is 5.91 Å². The Morgan fingerprint density at radius 2 is 1.76 bits per heavy atom. The fourth-order valence-electron chi connectivity index (χ4n) is 4.21. The van der Waals surface area contributed by atoms with Crippen molar-refractivity contribution in [3.8, 4) is 22.7 Å². The zero-order valence-electron chi connectivity index (χ0n) is 19.0. The Labute approximate surface area is 198 Å². The summed E-state index contributed by atoms with van der Waals surface area (Å²) in [6.45, 7) is 0.570. The van der Waals surface area contributed by atoms with E-state index >= 15 is 0 Å². The first-order valence-electron chi connectivity index (χ1n) is 11.4. The quantitative estimate of drug-likeness (QED) is 0.311. The summed E-state index contributed by atoms with van der Waals surface area (Å²) >= 11 is 0. The van der Waals surface area contributed by atoms with Crippen molar-refractivity contribution in [2.75, 3.05) is 13.7 Å². The number of nitrogens with zero attached hydrogens (tertiary/aromatic N) is 2. The highest BCUT2D eigenvalue weighted by Gasteiger charge is 2.21. The smallest absolute Gasteiger partial charge is 0.255 e. The summed E-state index contributed by atoms with van der Waals surface area (Å²) < 4.78 is 7.28. The number of carbonyl (C=O) groups excluding carboxylic acids is 1. The lowest BCUT2D eigenvalue weighted by molar-refractivity contribution is 0.0954. The molecule has 0 saturated carbocycles. The minimum Gasteiger partial charge on any atom is -0.496 e. The van der Waals surface area contributed by atoms with E-state index < -0.39 is 0 Å². The maximum absolute atomic E-state index is 13.2. The summed E-state index contributed by atoms with van der Waals surface area (Å²) in [6.07, 6.45) is 5.56. The topological polar surface area (TPSA) is 71.9 Å². The van der Waals surface area contributed by atoms with E-state index in [0.29, 0.717) is 23.6 Å². The molecule has 0 fully saturated rings. The second-order valence-corrected chi connectivity index (χ2v) is 8.09. The molecular formula is C28H26N4O2. The van der Waals surface area contributed by atoms with Crippen LogP contribution in [0.5, 0.6) is 5.75 Å². The summed E-state index contributed by atoms with van der Waals surface area (Å²) in [5.74, 6) is 0.524. The first-order chi connectivity index (χ1) is 16.7. The number of hydrogen-bond donors (Lipinski definition) is 2. The average Bonchev–Trinajstić information content (AvgIpc) is 3.52. The van der Waals surface area contributed by atoms with E-state index in [1.165, 1.54) is 10.9 Å². The highest BCUT2D eigenvalue weighted by Crippen LogP contribution is 2.31. The Bertz CT molecular complexity index is 1420. The molecule has 0 aliphatic heterocycles. The molecule has 0 unspecified atom stereocenters. The molecule has 2 heterocycles. The van der Waals surface area contributed by atoms with Crippen molar-refractivity contribution in [1.82, 2.24) is 20.1 Å². The van der Waals surface area contributed by atoms with Crippen LogP contribution in [-0.4, -0.2) is 34.3 Å². The lowest BCUT2D eigenvalue weighted by Gasteiger charge is -2.08. The number of fused-ring (bicyclic) bond motifs is 1. The molecule has 0 aliphatic carbocycles. The second kappa shape index (κ2) is 9.67. The summed E-state index contributed by atoms with van der Waals surface area (Å²) in [5, 5.41) is 9.07. The molecule has 2 N–H and O–H groups in total. The normalized spacial score (nSPS) is 11.0. The number of hydrogen-bond acceptors (Lipinski definition) is 3. The van der Waals surface area contributed by atoms with Crippen LogP contribution in [0.4, 0.5) is 0 Å². The molecule has 5 rings (SSSR count). The zero-order chi connectivity index (χ0) is 23.3. The third-order valence-electron chi connectivity index (χ3n) is 5.93. The fourth-order valence-corrected chi connectivity index (χ4v) is 4.21. The molecule has 0 saturated heterocycles. The second-order valence-electron chi connectivity index (χ2n) is 8.09. The van der Waals surface area contributed by atoms with E-state index in [0.717, 1.165) is 29.6 Å². The van der Waals surface area contributed by atoms with E-state index in [4.69, 9.17) is 9.84 Å². The maximum Gasteiger partial charge on any atom is 0.255 e. The van der Waals surface area contributed by atoms with Gasteiger partial charge >= 0.3 is 0 Å². The number of aromatic amines is 1. The Kier molecular flexibility index (Phi) is 6.12. The van der Waals surface area contributed by atoms with Gasteiger partial charge < -0.3 is 15.0 Å². The van der Waals surface area contributed by atoms with Crippen molar-refractivity contribution in [3.05, 3.63) is 102 Å². The van der Waals surface area contributed by atoms with Crippen LogP contribution < -0.4 is 10.1 Å². The standard InChI is InChI=1S/C28H26N4O2/c1-34-26-16-8-6-14-23(26)27-24(19-32(31-27)21-11-3-2-4-12-21)28(33)29-17-9-10-20-18-30-25-15-7-5-13-22(20)25/h2-8,11-16,18-19,30H,9-10,17H2,1H3,(H,29,33). The Morgan fingerprint density at radius 1 is 1.00 bits per heavy atom. The number of amides is 1. The Morgan fingerprint density at radius 3 is 2.62 bits per heavy atom. The van der Waals surface area contributed by atoms with Crippen molar-refractivity contribution >= 4 is 16.8 Å². The number of aromatic nitrogens is 3. The van der Waals surface area contributed by atoms with Gasteiger partial charge in [0.05, 0.1) is 18.4 Å². The molecular weight excluding hydrogens is 424 g/mol.